The smallest absolute Gasteiger partial charge is 0.421 e. The van der Waals surface area contributed by atoms with Crippen molar-refractivity contribution in [3.8, 4) is 17.6 Å². The SMILES string of the molecule is COCCOC(=O)N1C(=O)[C@@]2(c3cc(C#CCCO)ccc31)[C@H](C(=O)Nc1nc3ccccc3s1)[C@H]1C(=O)O[C@H](c3ccccc3)[C@H](c3ccccc3)N1[C@@H]2c1ccccc1OCCO. The molecule has 65 heavy (non-hydrogen) atoms. The fourth-order valence-electron chi connectivity index (χ4n) is 9.54. The number of thiazole rings is 1. The molecule has 15 heteroatoms. The van der Waals surface area contributed by atoms with Crippen LogP contribution in [0.1, 0.15) is 52.4 Å². The Labute approximate surface area is 378 Å². The maximum Gasteiger partial charge on any atom is 0.421 e. The van der Waals surface area contributed by atoms with Crippen molar-refractivity contribution in [2.24, 2.45) is 5.92 Å². The number of morpholine rings is 1. The fourth-order valence-corrected chi connectivity index (χ4v) is 10.4. The minimum atomic E-state index is -2.13. The van der Waals surface area contributed by atoms with Crippen LogP contribution in [0.5, 0.6) is 5.75 Å². The number of rotatable bonds is 12. The first-order valence-electron chi connectivity index (χ1n) is 21.1. The lowest BCUT2D eigenvalue weighted by Gasteiger charge is -2.46. The summed E-state index contributed by atoms with van der Waals surface area (Å²) >= 11 is 1.23. The third-order valence-corrected chi connectivity index (χ3v) is 12.9. The zero-order valence-corrected chi connectivity index (χ0v) is 36.0. The molecule has 6 aromatic rings. The maximum atomic E-state index is 16.4. The van der Waals surface area contributed by atoms with Gasteiger partial charge in [0.15, 0.2) is 5.13 Å². The van der Waals surface area contributed by atoms with Crippen LogP contribution in [0.15, 0.2) is 127 Å². The number of fused-ring (bicyclic) bond motifs is 4. The number of para-hydroxylation sites is 2. The number of imide groups is 1. The molecule has 6 atom stereocenters. The minimum Gasteiger partial charge on any atom is -0.491 e. The molecule has 3 aliphatic heterocycles. The molecular weight excluding hydrogens is 849 g/mol. The fraction of sp³-hybridized carbons (Fsp3) is 0.260. The molecule has 0 saturated carbocycles. The Morgan fingerprint density at radius 3 is 2.31 bits per heavy atom. The number of amides is 3. The molecule has 9 rings (SSSR count). The van der Waals surface area contributed by atoms with Crippen LogP contribution in [0.2, 0.25) is 0 Å². The molecule has 2 fully saturated rings. The molecule has 1 spiro atoms. The second-order valence-corrected chi connectivity index (χ2v) is 16.6. The van der Waals surface area contributed by atoms with Gasteiger partial charge in [-0.05, 0) is 53.1 Å². The summed E-state index contributed by atoms with van der Waals surface area (Å²) in [5, 5.41) is 22.9. The van der Waals surface area contributed by atoms with Crippen LogP contribution in [0, 0.1) is 17.8 Å². The molecule has 1 aromatic heterocycles. The Balaban J connectivity index is 1.38. The largest absolute Gasteiger partial charge is 0.491 e. The van der Waals surface area contributed by atoms with E-state index >= 15 is 14.4 Å². The van der Waals surface area contributed by atoms with Crippen molar-refractivity contribution in [2.75, 3.05) is 50.4 Å². The van der Waals surface area contributed by atoms with E-state index < -0.39 is 59.4 Å². The van der Waals surface area contributed by atoms with Crippen LogP contribution in [-0.4, -0.2) is 90.2 Å². The second kappa shape index (κ2) is 18.7. The van der Waals surface area contributed by atoms with Gasteiger partial charge in [0.05, 0.1) is 53.7 Å². The highest BCUT2D eigenvalue weighted by atomic mass is 32.1. The van der Waals surface area contributed by atoms with Crippen LogP contribution in [-0.2, 0) is 34.0 Å². The van der Waals surface area contributed by atoms with E-state index in [2.05, 4.69) is 17.2 Å². The average Bonchev–Trinajstić information content (AvgIpc) is 3.97. The Bertz CT molecular complexity index is 2780. The molecule has 330 valence electrons. The molecule has 3 amide bonds. The van der Waals surface area contributed by atoms with Gasteiger partial charge in [-0.1, -0.05) is 114 Å². The number of nitrogens with zero attached hydrogens (tertiary/aromatic N) is 3. The molecule has 0 bridgehead atoms. The van der Waals surface area contributed by atoms with Gasteiger partial charge < -0.3 is 34.5 Å². The normalized spacial score (nSPS) is 22.2. The molecule has 0 aliphatic carbocycles. The van der Waals surface area contributed by atoms with E-state index in [1.54, 1.807) is 42.5 Å². The van der Waals surface area contributed by atoms with Crippen LogP contribution < -0.4 is 15.0 Å². The van der Waals surface area contributed by atoms with Crippen molar-refractivity contribution in [3.63, 3.8) is 0 Å². The summed E-state index contributed by atoms with van der Waals surface area (Å²) in [5.74, 6) is 2.32. The Morgan fingerprint density at radius 1 is 0.846 bits per heavy atom. The molecule has 4 heterocycles. The molecule has 0 radical (unpaired) electrons. The van der Waals surface area contributed by atoms with Gasteiger partial charge in [0, 0.05) is 24.7 Å². The number of hydrogen-bond acceptors (Lipinski definition) is 13. The van der Waals surface area contributed by atoms with Crippen molar-refractivity contribution in [1.82, 2.24) is 9.88 Å². The lowest BCUT2D eigenvalue weighted by atomic mass is 9.65. The van der Waals surface area contributed by atoms with E-state index in [-0.39, 0.29) is 61.6 Å². The number of esters is 1. The first-order chi connectivity index (χ1) is 31.8. The Kier molecular flexibility index (Phi) is 12.4. The standard InChI is InChI=1S/C50H44N4O10S/c1-61-28-29-63-49(60)53-37-24-23-31(14-12-13-25-55)30-35(37)50(47(53)59)40(45(57)52-48-51-36-20-9-11-22-39(36)65-48)42-46(58)64-43(33-17-6-3-7-18-33)41(32-15-4-2-5-16-32)54(42)44(50)34-19-8-10-21-38(34)62-27-26-56/h2-11,15-24,30,40-44,55-56H,13,25-29H2,1H3,(H,51,52,57)/t40-,41-,42-,43+,44+,50-/m0/s1. The van der Waals surface area contributed by atoms with E-state index in [1.807, 2.05) is 89.8 Å². The number of ether oxygens (including phenoxy) is 4. The highest BCUT2D eigenvalue weighted by molar-refractivity contribution is 7.22. The third-order valence-electron chi connectivity index (χ3n) is 12.0. The molecule has 14 nitrogen and oxygen atoms in total. The summed E-state index contributed by atoms with van der Waals surface area (Å²) in [5.41, 5.74) is 1.03. The number of benzene rings is 5. The number of carbonyl (C=O) groups is 4. The van der Waals surface area contributed by atoms with Crippen molar-refractivity contribution in [3.05, 3.63) is 155 Å². The number of methoxy groups -OCH3 is 1. The summed E-state index contributed by atoms with van der Waals surface area (Å²) in [7, 11) is 1.45. The number of hydrogen-bond donors (Lipinski definition) is 3. The molecule has 3 N–H and O–H groups in total. The van der Waals surface area contributed by atoms with Gasteiger partial charge in [-0.3, -0.25) is 19.3 Å². The van der Waals surface area contributed by atoms with Gasteiger partial charge in [-0.2, -0.15) is 0 Å². The predicted molar refractivity (Wildman–Crippen MR) is 241 cm³/mol. The number of anilines is 2. The highest BCUT2D eigenvalue weighted by Gasteiger charge is 2.76. The summed E-state index contributed by atoms with van der Waals surface area (Å²) in [4.78, 5) is 69.5. The van der Waals surface area contributed by atoms with Gasteiger partial charge in [0.25, 0.3) is 0 Å². The zero-order chi connectivity index (χ0) is 45.1. The van der Waals surface area contributed by atoms with E-state index in [1.165, 1.54) is 18.4 Å². The van der Waals surface area contributed by atoms with E-state index in [9.17, 15) is 15.0 Å². The van der Waals surface area contributed by atoms with E-state index in [0.29, 0.717) is 27.8 Å². The van der Waals surface area contributed by atoms with Crippen LogP contribution >= 0.6 is 11.3 Å². The van der Waals surface area contributed by atoms with Gasteiger partial charge in [0.1, 0.15) is 36.5 Å². The number of aliphatic hydroxyl groups is 2. The topological polar surface area (TPSA) is 177 Å². The number of cyclic esters (lactones) is 1. The van der Waals surface area contributed by atoms with E-state index in [0.717, 1.165) is 9.60 Å². The molecular formula is C50H44N4O10S. The Morgan fingerprint density at radius 2 is 1.57 bits per heavy atom. The van der Waals surface area contributed by atoms with Gasteiger partial charge in [-0.25, -0.2) is 14.7 Å². The average molecular weight is 893 g/mol. The number of nitrogens with one attached hydrogen (secondary N) is 1. The first kappa shape index (κ1) is 43.3. The van der Waals surface area contributed by atoms with Crippen LogP contribution in [0.3, 0.4) is 0 Å². The molecule has 2 saturated heterocycles. The lowest BCUT2D eigenvalue weighted by molar-refractivity contribution is -0.177. The zero-order valence-electron chi connectivity index (χ0n) is 35.2. The van der Waals surface area contributed by atoms with Gasteiger partial charge in [0.2, 0.25) is 11.8 Å². The second-order valence-electron chi connectivity index (χ2n) is 15.6. The number of aromatic nitrogens is 1. The Hall–Kier alpha value is -6.93. The summed E-state index contributed by atoms with van der Waals surface area (Å²) < 4.78 is 24.4. The highest BCUT2D eigenvalue weighted by Crippen LogP contribution is 2.66. The van der Waals surface area contributed by atoms with E-state index in [4.69, 9.17) is 23.9 Å². The van der Waals surface area contributed by atoms with Crippen molar-refractivity contribution < 1.29 is 48.3 Å². The van der Waals surface area contributed by atoms with Crippen molar-refractivity contribution in [1.29, 1.82) is 0 Å². The molecule has 3 aliphatic rings. The monoisotopic (exact) mass is 892 g/mol. The van der Waals surface area contributed by atoms with Gasteiger partial charge >= 0.3 is 12.1 Å². The van der Waals surface area contributed by atoms with Crippen LogP contribution in [0.25, 0.3) is 10.2 Å². The van der Waals surface area contributed by atoms with Gasteiger partial charge in [-0.15, -0.1) is 0 Å². The summed E-state index contributed by atoms with van der Waals surface area (Å²) in [6.07, 6.45) is -1.82. The lowest BCUT2D eigenvalue weighted by Crippen LogP contribution is -2.54. The number of aliphatic hydroxyl groups excluding tert-OH is 2. The number of carbonyl (C=O) groups excluding carboxylic acids is 4. The molecule has 0 unspecified atom stereocenters. The summed E-state index contributed by atoms with van der Waals surface area (Å²) in [6.45, 7) is -0.796. The van der Waals surface area contributed by atoms with Crippen LogP contribution in [0.4, 0.5) is 15.6 Å². The first-order valence-corrected chi connectivity index (χ1v) is 21.9. The quantitative estimate of drug-likeness (QED) is 0.0693. The van der Waals surface area contributed by atoms with Crippen molar-refractivity contribution in [2.45, 2.75) is 36.1 Å². The molecule has 5 aromatic carbocycles. The van der Waals surface area contributed by atoms with Crippen molar-refractivity contribution >= 4 is 56.2 Å². The summed E-state index contributed by atoms with van der Waals surface area (Å²) in [6, 6.07) is 34.3. The minimum absolute atomic E-state index is 0.0396. The maximum absolute atomic E-state index is 16.4. The predicted octanol–water partition coefficient (Wildman–Crippen LogP) is 6.49. The third kappa shape index (κ3) is 7.69.